The Morgan fingerprint density at radius 3 is 2.00 bits per heavy atom. The molecule has 2 N–H and O–H groups in total. The molecule has 0 unspecified atom stereocenters. The molecule has 1 aliphatic carbocycles. The lowest BCUT2D eigenvalue weighted by molar-refractivity contribution is -0.139. The molecule has 9 nitrogen and oxygen atoms in total. The fourth-order valence-corrected chi connectivity index (χ4v) is 5.60. The summed E-state index contributed by atoms with van der Waals surface area (Å²) in [5.74, 6) is 0.439. The first-order chi connectivity index (χ1) is 19.4. The zero-order valence-electron chi connectivity index (χ0n) is 22.5. The topological polar surface area (TPSA) is 120 Å². The first kappa shape index (κ1) is 28.8. The van der Waals surface area contributed by atoms with Gasteiger partial charge in [-0.1, -0.05) is 60.3 Å². The maximum atomic E-state index is 12.6. The minimum absolute atomic E-state index is 0.0620. The summed E-state index contributed by atoms with van der Waals surface area (Å²) in [5.41, 5.74) is 4.97. The highest BCUT2D eigenvalue weighted by atomic mass is 32.2. The second-order valence-corrected chi connectivity index (χ2v) is 10.1. The average Bonchev–Trinajstić information content (AvgIpc) is 3.29. The Balaban J connectivity index is 1.31. The van der Waals surface area contributed by atoms with Crippen LogP contribution in [0.15, 0.2) is 60.7 Å². The van der Waals surface area contributed by atoms with Crippen LogP contribution in [-0.4, -0.2) is 56.3 Å². The number of carboxylic acid groups (broad SMARTS) is 1. The Morgan fingerprint density at radius 1 is 0.900 bits per heavy atom. The molecule has 4 rings (SSSR count). The summed E-state index contributed by atoms with van der Waals surface area (Å²) in [4.78, 5) is 37.0. The van der Waals surface area contributed by atoms with Crippen molar-refractivity contribution in [1.82, 2.24) is 5.32 Å². The number of nitrogens with one attached hydrogen (secondary N) is 1. The number of thioether (sulfide) groups is 1. The number of alkyl carbamates (subject to hydrolysis) is 1. The van der Waals surface area contributed by atoms with Gasteiger partial charge in [0.05, 0.1) is 21.3 Å². The molecule has 0 aromatic heterocycles. The van der Waals surface area contributed by atoms with E-state index < -0.39 is 18.1 Å². The zero-order chi connectivity index (χ0) is 28.6. The van der Waals surface area contributed by atoms with Gasteiger partial charge in [0.25, 0.3) is 0 Å². The van der Waals surface area contributed by atoms with Crippen LogP contribution >= 0.6 is 11.8 Å². The van der Waals surface area contributed by atoms with E-state index in [1.165, 1.54) is 21.3 Å². The fourth-order valence-electron chi connectivity index (χ4n) is 4.75. The van der Waals surface area contributed by atoms with E-state index in [1.807, 2.05) is 48.5 Å². The number of carbonyl (C=O) groups excluding carboxylic acids is 2. The number of carbonyl (C=O) groups is 3. The number of hydrogen-bond acceptors (Lipinski definition) is 8. The number of carboxylic acids is 1. The summed E-state index contributed by atoms with van der Waals surface area (Å²) in [5, 5.41) is 11.8. The van der Waals surface area contributed by atoms with Crippen LogP contribution in [0.2, 0.25) is 0 Å². The van der Waals surface area contributed by atoms with Crippen molar-refractivity contribution < 1.29 is 38.4 Å². The Bertz CT molecular complexity index is 1320. The van der Waals surface area contributed by atoms with Crippen molar-refractivity contribution in [3.8, 4) is 28.4 Å². The van der Waals surface area contributed by atoms with E-state index in [1.54, 1.807) is 12.1 Å². The van der Waals surface area contributed by atoms with E-state index in [2.05, 4.69) is 5.32 Å². The van der Waals surface area contributed by atoms with Gasteiger partial charge in [-0.05, 0) is 28.7 Å². The second kappa shape index (κ2) is 13.3. The quantitative estimate of drug-likeness (QED) is 0.304. The van der Waals surface area contributed by atoms with Crippen LogP contribution in [0.5, 0.6) is 17.2 Å². The zero-order valence-corrected chi connectivity index (χ0v) is 23.3. The molecule has 210 valence electrons. The van der Waals surface area contributed by atoms with Crippen molar-refractivity contribution in [2.75, 3.05) is 27.9 Å². The van der Waals surface area contributed by atoms with E-state index in [-0.39, 0.29) is 36.2 Å². The third-order valence-corrected chi connectivity index (χ3v) is 7.72. The molecule has 1 atom stereocenters. The molecular formula is C30H31NO8S. The SMILES string of the molecule is COc1cc(OC)c(CSC(=O)CC[C@H](NC(=O)OCC2c3ccccc3-c3ccccc32)C(=O)O)c(OC)c1. The molecule has 3 aromatic rings. The maximum absolute atomic E-state index is 12.6. The number of methoxy groups -OCH3 is 3. The van der Waals surface area contributed by atoms with Crippen LogP contribution in [0.1, 0.15) is 35.4 Å². The van der Waals surface area contributed by atoms with E-state index in [9.17, 15) is 19.5 Å². The van der Waals surface area contributed by atoms with E-state index in [0.29, 0.717) is 22.8 Å². The predicted molar refractivity (Wildman–Crippen MR) is 151 cm³/mol. The molecule has 0 bridgehead atoms. The summed E-state index contributed by atoms with van der Waals surface area (Å²) in [6.45, 7) is 0.0620. The van der Waals surface area contributed by atoms with Gasteiger partial charge in [0.1, 0.15) is 29.9 Å². The van der Waals surface area contributed by atoms with Gasteiger partial charge in [-0.15, -0.1) is 0 Å². The van der Waals surface area contributed by atoms with Gasteiger partial charge in [-0.25, -0.2) is 9.59 Å². The molecule has 1 aliphatic rings. The minimum Gasteiger partial charge on any atom is -0.496 e. The largest absolute Gasteiger partial charge is 0.496 e. The van der Waals surface area contributed by atoms with E-state index >= 15 is 0 Å². The van der Waals surface area contributed by atoms with Crippen LogP contribution in [0.4, 0.5) is 4.79 Å². The molecule has 0 heterocycles. The number of amides is 1. The van der Waals surface area contributed by atoms with Gasteiger partial charge in [0.2, 0.25) is 0 Å². The van der Waals surface area contributed by atoms with E-state index in [4.69, 9.17) is 18.9 Å². The van der Waals surface area contributed by atoms with Gasteiger partial charge in [-0.3, -0.25) is 4.79 Å². The van der Waals surface area contributed by atoms with Crippen molar-refractivity contribution in [3.05, 3.63) is 77.4 Å². The molecule has 40 heavy (non-hydrogen) atoms. The molecule has 0 spiro atoms. The Labute approximate surface area is 236 Å². The lowest BCUT2D eigenvalue weighted by Gasteiger charge is -2.17. The van der Waals surface area contributed by atoms with Gasteiger partial charge in [-0.2, -0.15) is 0 Å². The monoisotopic (exact) mass is 565 g/mol. The number of benzene rings is 3. The minimum atomic E-state index is -1.27. The molecule has 0 fully saturated rings. The molecule has 3 aromatic carbocycles. The van der Waals surface area contributed by atoms with Crippen LogP contribution in [0.25, 0.3) is 11.1 Å². The highest BCUT2D eigenvalue weighted by molar-refractivity contribution is 8.12. The first-order valence-electron chi connectivity index (χ1n) is 12.6. The number of aliphatic carboxylic acids is 1. The molecule has 0 radical (unpaired) electrons. The summed E-state index contributed by atoms with van der Waals surface area (Å²) in [7, 11) is 4.55. The maximum Gasteiger partial charge on any atom is 0.407 e. The predicted octanol–water partition coefficient (Wildman–Crippen LogP) is 5.24. The van der Waals surface area contributed by atoms with Crippen molar-refractivity contribution in [2.24, 2.45) is 0 Å². The number of fused-ring (bicyclic) bond motifs is 3. The Morgan fingerprint density at radius 2 is 1.48 bits per heavy atom. The summed E-state index contributed by atoms with van der Waals surface area (Å²) >= 11 is 1.01. The van der Waals surface area contributed by atoms with Crippen LogP contribution < -0.4 is 19.5 Å². The summed E-state index contributed by atoms with van der Waals surface area (Å²) in [6, 6.07) is 18.0. The molecular weight excluding hydrogens is 534 g/mol. The molecule has 0 saturated carbocycles. The normalized spacial score (nSPS) is 12.6. The smallest absolute Gasteiger partial charge is 0.407 e. The highest BCUT2D eigenvalue weighted by Gasteiger charge is 2.30. The van der Waals surface area contributed by atoms with Gasteiger partial charge >= 0.3 is 12.1 Å². The molecule has 0 aliphatic heterocycles. The second-order valence-electron chi connectivity index (χ2n) is 9.07. The fraction of sp³-hybridized carbons (Fsp3) is 0.300. The van der Waals surface area contributed by atoms with Crippen LogP contribution in [0, 0.1) is 0 Å². The summed E-state index contributed by atoms with van der Waals surface area (Å²) in [6.07, 6.45) is -0.990. The average molecular weight is 566 g/mol. The lowest BCUT2D eigenvalue weighted by Crippen LogP contribution is -2.41. The molecule has 10 heteroatoms. The lowest BCUT2D eigenvalue weighted by atomic mass is 9.98. The van der Waals surface area contributed by atoms with Gasteiger partial charge < -0.3 is 29.4 Å². The Kier molecular flexibility index (Phi) is 9.55. The van der Waals surface area contributed by atoms with E-state index in [0.717, 1.165) is 34.0 Å². The standard InChI is InChI=1S/C30H31NO8S/c1-36-18-14-26(37-2)24(27(15-18)38-3)17-40-28(32)13-12-25(29(33)34)31-30(35)39-16-23-21-10-6-4-8-19(21)20-9-5-7-11-22(20)23/h4-11,14-15,23,25H,12-13,16-17H2,1-3H3,(H,31,35)(H,33,34)/t25-/m0/s1. The van der Waals surface area contributed by atoms with Gasteiger partial charge in [0.15, 0.2) is 5.12 Å². The van der Waals surface area contributed by atoms with Crippen molar-refractivity contribution in [2.45, 2.75) is 30.6 Å². The van der Waals surface area contributed by atoms with Gasteiger partial charge in [0, 0.05) is 35.8 Å². The number of rotatable bonds is 12. The first-order valence-corrected chi connectivity index (χ1v) is 13.6. The Hall–Kier alpha value is -4.18. The van der Waals surface area contributed by atoms with Crippen LogP contribution in [0.3, 0.4) is 0 Å². The van der Waals surface area contributed by atoms with Crippen LogP contribution in [-0.2, 0) is 20.1 Å². The highest BCUT2D eigenvalue weighted by Crippen LogP contribution is 2.44. The van der Waals surface area contributed by atoms with Crippen molar-refractivity contribution in [1.29, 1.82) is 0 Å². The molecule has 1 amide bonds. The third kappa shape index (κ3) is 6.51. The van der Waals surface area contributed by atoms with Crippen molar-refractivity contribution in [3.63, 3.8) is 0 Å². The van der Waals surface area contributed by atoms with Crippen molar-refractivity contribution >= 4 is 28.9 Å². The molecule has 0 saturated heterocycles. The summed E-state index contributed by atoms with van der Waals surface area (Å²) < 4.78 is 21.5. The number of ether oxygens (including phenoxy) is 4. The number of hydrogen-bond donors (Lipinski definition) is 2. The third-order valence-electron chi connectivity index (χ3n) is 6.77.